The summed E-state index contributed by atoms with van der Waals surface area (Å²) in [5.74, 6) is 0.232. The van der Waals surface area contributed by atoms with E-state index in [0.717, 1.165) is 17.7 Å². The minimum Gasteiger partial charge on any atom is -0.475 e. The van der Waals surface area contributed by atoms with Gasteiger partial charge in [0.05, 0.1) is 24.0 Å². The van der Waals surface area contributed by atoms with Crippen LogP contribution in [0.15, 0.2) is 47.5 Å². The molecule has 0 saturated heterocycles. The summed E-state index contributed by atoms with van der Waals surface area (Å²) in [5.41, 5.74) is 5.31. The van der Waals surface area contributed by atoms with Gasteiger partial charge in [-0.1, -0.05) is 33.8 Å². The molecule has 0 aliphatic heterocycles. The molecule has 31 heavy (non-hydrogen) atoms. The van der Waals surface area contributed by atoms with Gasteiger partial charge in [-0.3, -0.25) is 0 Å². The van der Waals surface area contributed by atoms with Crippen LogP contribution < -0.4 is 0 Å². The Kier molecular flexibility index (Phi) is 6.59. The molecule has 1 aliphatic rings. The number of nitrogens with zero attached hydrogens (tertiary/aromatic N) is 1. The Balaban J connectivity index is 2.00. The Bertz CT molecular complexity index is 968. The smallest absolute Gasteiger partial charge is 0.338 e. The molecule has 0 heterocycles. The standard InChI is InChI=1S/C27H35NO3/c1-8-30-25(29)20-11-9-19(10-12-20)24(31-18(2)3)28-21-13-14-22-23(17-21)27(6,7)16-15-26(22,4)5/h9-14,17-18H,8,15-16H2,1-7H3. The van der Waals surface area contributed by atoms with Gasteiger partial charge in [0.25, 0.3) is 0 Å². The van der Waals surface area contributed by atoms with E-state index >= 15 is 0 Å². The van der Waals surface area contributed by atoms with Crippen molar-refractivity contribution in [2.75, 3.05) is 6.61 Å². The van der Waals surface area contributed by atoms with Crippen molar-refractivity contribution < 1.29 is 14.3 Å². The summed E-state index contributed by atoms with van der Waals surface area (Å²) in [6, 6.07) is 13.8. The average Bonchev–Trinajstić information content (AvgIpc) is 2.71. The third-order valence-corrected chi connectivity index (χ3v) is 6.06. The lowest BCUT2D eigenvalue weighted by Crippen LogP contribution is -2.33. The summed E-state index contributed by atoms with van der Waals surface area (Å²) >= 11 is 0. The molecule has 0 unspecified atom stereocenters. The predicted octanol–water partition coefficient (Wildman–Crippen LogP) is 6.72. The van der Waals surface area contributed by atoms with E-state index in [1.807, 2.05) is 26.0 Å². The first kappa shape index (κ1) is 23.1. The molecule has 2 aromatic rings. The Morgan fingerprint density at radius 3 is 2.10 bits per heavy atom. The van der Waals surface area contributed by atoms with Crippen LogP contribution in [-0.2, 0) is 20.3 Å². The van der Waals surface area contributed by atoms with Gasteiger partial charge in [0.2, 0.25) is 5.90 Å². The molecular formula is C27H35NO3. The quantitative estimate of drug-likeness (QED) is 0.306. The van der Waals surface area contributed by atoms with E-state index in [4.69, 9.17) is 14.5 Å². The molecule has 0 saturated carbocycles. The fraction of sp³-hybridized carbons (Fsp3) is 0.481. The normalized spacial score (nSPS) is 17.2. The van der Waals surface area contributed by atoms with Crippen LogP contribution in [0.5, 0.6) is 0 Å². The minimum atomic E-state index is -0.322. The highest BCUT2D eigenvalue weighted by Gasteiger charge is 2.37. The first-order valence-electron chi connectivity index (χ1n) is 11.2. The fourth-order valence-corrected chi connectivity index (χ4v) is 4.11. The van der Waals surface area contributed by atoms with Crippen LogP contribution in [0.3, 0.4) is 0 Å². The molecule has 2 aromatic carbocycles. The number of aliphatic imine (C=N–C) groups is 1. The number of esters is 1. The lowest BCUT2D eigenvalue weighted by Gasteiger charge is -2.41. The summed E-state index contributed by atoms with van der Waals surface area (Å²) in [5, 5.41) is 0. The Morgan fingerprint density at radius 2 is 1.52 bits per heavy atom. The Labute approximate surface area is 186 Å². The molecule has 0 N–H and O–H groups in total. The van der Waals surface area contributed by atoms with E-state index in [0.29, 0.717) is 18.1 Å². The highest BCUT2D eigenvalue weighted by atomic mass is 16.5. The molecule has 0 amide bonds. The number of hydrogen-bond acceptors (Lipinski definition) is 4. The second kappa shape index (κ2) is 8.86. The summed E-state index contributed by atoms with van der Waals surface area (Å²) in [6.07, 6.45) is 2.33. The van der Waals surface area contributed by atoms with Crippen LogP contribution >= 0.6 is 0 Å². The van der Waals surface area contributed by atoms with Gasteiger partial charge in [-0.15, -0.1) is 0 Å². The molecule has 0 aromatic heterocycles. The molecule has 166 valence electrons. The van der Waals surface area contributed by atoms with Crippen LogP contribution in [-0.4, -0.2) is 24.6 Å². The monoisotopic (exact) mass is 421 g/mol. The molecular weight excluding hydrogens is 386 g/mol. The molecule has 0 radical (unpaired) electrons. The van der Waals surface area contributed by atoms with Gasteiger partial charge in [-0.2, -0.15) is 0 Å². The number of fused-ring (bicyclic) bond motifs is 1. The molecule has 0 atom stereocenters. The Morgan fingerprint density at radius 1 is 0.935 bits per heavy atom. The van der Waals surface area contributed by atoms with Gasteiger partial charge in [-0.25, -0.2) is 9.79 Å². The fourth-order valence-electron chi connectivity index (χ4n) is 4.11. The third kappa shape index (κ3) is 5.17. The largest absolute Gasteiger partial charge is 0.475 e. The molecule has 4 nitrogen and oxygen atoms in total. The van der Waals surface area contributed by atoms with Crippen molar-refractivity contribution in [1.82, 2.24) is 0 Å². The Hall–Kier alpha value is -2.62. The van der Waals surface area contributed by atoms with Crippen LogP contribution in [0, 0.1) is 0 Å². The van der Waals surface area contributed by atoms with Crippen LogP contribution in [0.2, 0.25) is 0 Å². The van der Waals surface area contributed by atoms with E-state index in [1.54, 1.807) is 19.1 Å². The van der Waals surface area contributed by atoms with Gasteiger partial charge in [0.1, 0.15) is 0 Å². The number of carbonyl (C=O) groups is 1. The number of carbonyl (C=O) groups excluding carboxylic acids is 1. The number of benzene rings is 2. The zero-order valence-electron chi connectivity index (χ0n) is 19.9. The van der Waals surface area contributed by atoms with Gasteiger partial charge >= 0.3 is 5.97 Å². The van der Waals surface area contributed by atoms with Crippen molar-refractivity contribution in [3.63, 3.8) is 0 Å². The van der Waals surface area contributed by atoms with Gasteiger partial charge in [-0.05, 0) is 92.0 Å². The van der Waals surface area contributed by atoms with Crippen molar-refractivity contribution in [1.29, 1.82) is 0 Å². The first-order chi connectivity index (χ1) is 14.5. The van der Waals surface area contributed by atoms with E-state index in [9.17, 15) is 4.79 Å². The maximum Gasteiger partial charge on any atom is 0.338 e. The second-order valence-electron chi connectivity index (χ2n) is 9.88. The van der Waals surface area contributed by atoms with Crippen molar-refractivity contribution in [2.24, 2.45) is 4.99 Å². The van der Waals surface area contributed by atoms with Crippen LogP contribution in [0.4, 0.5) is 5.69 Å². The van der Waals surface area contributed by atoms with Gasteiger partial charge in [0, 0.05) is 5.56 Å². The van der Waals surface area contributed by atoms with E-state index in [1.165, 1.54) is 17.5 Å². The number of ether oxygens (including phenoxy) is 2. The van der Waals surface area contributed by atoms with Gasteiger partial charge in [0.15, 0.2) is 0 Å². The van der Waals surface area contributed by atoms with Crippen LogP contribution in [0.1, 0.15) is 88.4 Å². The van der Waals surface area contributed by atoms with Gasteiger partial charge < -0.3 is 9.47 Å². The van der Waals surface area contributed by atoms with Crippen molar-refractivity contribution in [3.8, 4) is 0 Å². The lowest BCUT2D eigenvalue weighted by molar-refractivity contribution is 0.0526. The SMILES string of the molecule is CCOC(=O)c1ccc(C(=Nc2ccc3c(c2)C(C)(C)CCC3(C)C)OC(C)C)cc1. The summed E-state index contributed by atoms with van der Waals surface area (Å²) in [6.45, 7) is 15.4. The highest BCUT2D eigenvalue weighted by molar-refractivity contribution is 5.97. The molecule has 0 fully saturated rings. The predicted molar refractivity (Wildman–Crippen MR) is 127 cm³/mol. The zero-order chi connectivity index (χ0) is 22.8. The lowest BCUT2D eigenvalue weighted by atomic mass is 9.63. The second-order valence-corrected chi connectivity index (χ2v) is 9.88. The molecule has 1 aliphatic carbocycles. The number of rotatable bonds is 5. The minimum absolute atomic E-state index is 0.0171. The van der Waals surface area contributed by atoms with E-state index < -0.39 is 0 Å². The van der Waals surface area contributed by atoms with Crippen molar-refractivity contribution in [3.05, 3.63) is 64.7 Å². The number of hydrogen-bond donors (Lipinski definition) is 0. The summed E-state index contributed by atoms with van der Waals surface area (Å²) in [7, 11) is 0. The highest BCUT2D eigenvalue weighted by Crippen LogP contribution is 2.46. The molecule has 3 rings (SSSR count). The third-order valence-electron chi connectivity index (χ3n) is 6.06. The van der Waals surface area contributed by atoms with Crippen molar-refractivity contribution in [2.45, 2.75) is 78.2 Å². The maximum absolute atomic E-state index is 12.0. The molecule has 0 spiro atoms. The first-order valence-corrected chi connectivity index (χ1v) is 11.2. The summed E-state index contributed by atoms with van der Waals surface area (Å²) < 4.78 is 11.1. The zero-order valence-corrected chi connectivity index (χ0v) is 19.9. The van der Waals surface area contributed by atoms with Crippen molar-refractivity contribution >= 4 is 17.6 Å². The average molecular weight is 422 g/mol. The van der Waals surface area contributed by atoms with E-state index in [-0.39, 0.29) is 22.9 Å². The molecule has 0 bridgehead atoms. The molecule has 4 heteroatoms. The van der Waals surface area contributed by atoms with E-state index in [2.05, 4.69) is 45.9 Å². The van der Waals surface area contributed by atoms with Crippen LogP contribution in [0.25, 0.3) is 0 Å². The topological polar surface area (TPSA) is 47.9 Å². The summed E-state index contributed by atoms with van der Waals surface area (Å²) in [4.78, 5) is 16.8. The maximum atomic E-state index is 12.0.